The molecule has 1 atom stereocenters. The van der Waals surface area contributed by atoms with Crippen molar-refractivity contribution in [3.63, 3.8) is 0 Å². The van der Waals surface area contributed by atoms with E-state index in [1.165, 1.54) is 5.56 Å². The van der Waals surface area contributed by atoms with Crippen LogP contribution >= 0.6 is 22.7 Å². The summed E-state index contributed by atoms with van der Waals surface area (Å²) < 4.78 is 0. The highest BCUT2D eigenvalue weighted by atomic mass is 32.1. The summed E-state index contributed by atoms with van der Waals surface area (Å²) in [5.74, 6) is 0. The molecule has 2 nitrogen and oxygen atoms in total. The van der Waals surface area contributed by atoms with Crippen molar-refractivity contribution in [3.05, 3.63) is 39.0 Å². The minimum Gasteiger partial charge on any atom is -0.324 e. The van der Waals surface area contributed by atoms with Crippen molar-refractivity contribution < 1.29 is 0 Å². The van der Waals surface area contributed by atoms with Gasteiger partial charge in [-0.3, -0.25) is 0 Å². The molecule has 0 radical (unpaired) electrons. The molecule has 2 aromatic heterocycles. The van der Waals surface area contributed by atoms with Gasteiger partial charge in [0.25, 0.3) is 0 Å². The molecule has 0 aromatic carbocycles. The average molecular weight is 210 g/mol. The summed E-state index contributed by atoms with van der Waals surface area (Å²) in [4.78, 5) is 4.21. The average Bonchev–Trinajstić information content (AvgIpc) is 2.74. The van der Waals surface area contributed by atoms with Crippen molar-refractivity contribution in [2.24, 2.45) is 5.73 Å². The normalized spacial score (nSPS) is 13.0. The topological polar surface area (TPSA) is 38.9 Å². The number of hydrogen-bond donors (Lipinski definition) is 1. The molecule has 2 rings (SSSR count). The lowest BCUT2D eigenvalue weighted by atomic mass is 10.1. The third kappa shape index (κ3) is 2.15. The molecule has 0 fully saturated rings. The van der Waals surface area contributed by atoms with E-state index in [9.17, 15) is 0 Å². The van der Waals surface area contributed by atoms with E-state index in [2.05, 4.69) is 21.8 Å². The van der Waals surface area contributed by atoms with E-state index in [1.54, 1.807) is 22.7 Å². The van der Waals surface area contributed by atoms with Crippen LogP contribution in [0.1, 0.15) is 16.6 Å². The van der Waals surface area contributed by atoms with Crippen LogP contribution in [0.2, 0.25) is 0 Å². The van der Waals surface area contributed by atoms with E-state index in [0.29, 0.717) is 0 Å². The molecule has 0 saturated heterocycles. The van der Waals surface area contributed by atoms with Crippen molar-refractivity contribution >= 4 is 22.7 Å². The van der Waals surface area contributed by atoms with Gasteiger partial charge in [0.2, 0.25) is 0 Å². The minimum absolute atomic E-state index is 0.0948. The van der Waals surface area contributed by atoms with Crippen molar-refractivity contribution in [2.75, 3.05) is 0 Å². The second kappa shape index (κ2) is 4.00. The highest BCUT2D eigenvalue weighted by Gasteiger charge is 2.08. The Hall–Kier alpha value is -0.710. The standard InChI is InChI=1S/C9H10N2S2/c10-8(7-1-3-12-6-7)5-9-11-2-4-13-9/h1-4,6,8H,5,10H2. The lowest BCUT2D eigenvalue weighted by molar-refractivity contribution is 0.721. The van der Waals surface area contributed by atoms with Gasteiger partial charge in [0, 0.05) is 24.0 Å². The van der Waals surface area contributed by atoms with E-state index in [1.807, 2.05) is 11.6 Å². The molecule has 68 valence electrons. The maximum atomic E-state index is 6.00. The number of rotatable bonds is 3. The zero-order valence-electron chi connectivity index (χ0n) is 7.01. The number of thiophene rings is 1. The third-order valence-corrected chi connectivity index (χ3v) is 3.35. The SMILES string of the molecule is NC(Cc1nccs1)c1ccsc1. The first-order valence-corrected chi connectivity index (χ1v) is 5.84. The Bertz CT molecular complexity index is 340. The molecular formula is C9H10N2S2. The van der Waals surface area contributed by atoms with Crippen LogP contribution in [0.25, 0.3) is 0 Å². The van der Waals surface area contributed by atoms with Gasteiger partial charge in [-0.15, -0.1) is 11.3 Å². The van der Waals surface area contributed by atoms with E-state index in [-0.39, 0.29) is 6.04 Å². The zero-order chi connectivity index (χ0) is 9.10. The van der Waals surface area contributed by atoms with Gasteiger partial charge in [0.05, 0.1) is 5.01 Å². The maximum absolute atomic E-state index is 6.00. The fraction of sp³-hybridized carbons (Fsp3) is 0.222. The summed E-state index contributed by atoms with van der Waals surface area (Å²) >= 11 is 3.34. The number of hydrogen-bond acceptors (Lipinski definition) is 4. The molecule has 1 unspecified atom stereocenters. The maximum Gasteiger partial charge on any atom is 0.0943 e. The van der Waals surface area contributed by atoms with Crippen molar-refractivity contribution in [2.45, 2.75) is 12.5 Å². The van der Waals surface area contributed by atoms with Gasteiger partial charge in [-0.2, -0.15) is 11.3 Å². The minimum atomic E-state index is 0.0948. The number of nitrogens with two attached hydrogens (primary N) is 1. The lowest BCUT2D eigenvalue weighted by Crippen LogP contribution is -2.12. The van der Waals surface area contributed by atoms with Crippen molar-refractivity contribution in [1.29, 1.82) is 0 Å². The quantitative estimate of drug-likeness (QED) is 0.845. The van der Waals surface area contributed by atoms with Gasteiger partial charge in [0.1, 0.15) is 0 Å². The van der Waals surface area contributed by atoms with Gasteiger partial charge in [-0.25, -0.2) is 4.98 Å². The summed E-state index contributed by atoms with van der Waals surface area (Å²) in [5, 5.41) is 7.24. The van der Waals surface area contributed by atoms with E-state index in [0.717, 1.165) is 11.4 Å². The Morgan fingerprint density at radius 1 is 1.46 bits per heavy atom. The van der Waals surface area contributed by atoms with Gasteiger partial charge in [-0.05, 0) is 22.4 Å². The largest absolute Gasteiger partial charge is 0.324 e. The molecule has 4 heteroatoms. The molecule has 2 N–H and O–H groups in total. The molecule has 0 aliphatic heterocycles. The fourth-order valence-corrected chi connectivity index (χ4v) is 2.55. The summed E-state index contributed by atoms with van der Waals surface area (Å²) in [7, 11) is 0. The van der Waals surface area contributed by atoms with E-state index >= 15 is 0 Å². The van der Waals surface area contributed by atoms with Crippen LogP contribution in [-0.4, -0.2) is 4.98 Å². The highest BCUT2D eigenvalue weighted by Crippen LogP contribution is 2.19. The molecule has 0 aliphatic carbocycles. The van der Waals surface area contributed by atoms with Crippen LogP contribution in [0.4, 0.5) is 0 Å². The molecule has 0 spiro atoms. The van der Waals surface area contributed by atoms with Crippen LogP contribution in [-0.2, 0) is 6.42 Å². The van der Waals surface area contributed by atoms with Gasteiger partial charge in [0.15, 0.2) is 0 Å². The van der Waals surface area contributed by atoms with Crippen LogP contribution in [0.15, 0.2) is 28.4 Å². The summed E-state index contributed by atoms with van der Waals surface area (Å²) in [6.45, 7) is 0. The van der Waals surface area contributed by atoms with Gasteiger partial charge >= 0.3 is 0 Å². The Labute approximate surface area is 85.1 Å². The molecule has 0 bridgehead atoms. The van der Waals surface area contributed by atoms with Crippen LogP contribution in [0, 0.1) is 0 Å². The first-order chi connectivity index (χ1) is 6.36. The predicted octanol–water partition coefficient (Wildman–Crippen LogP) is 2.45. The van der Waals surface area contributed by atoms with Crippen molar-refractivity contribution in [3.8, 4) is 0 Å². The monoisotopic (exact) mass is 210 g/mol. The molecule has 0 aliphatic rings. The second-order valence-electron chi connectivity index (χ2n) is 2.79. The molecule has 0 saturated carbocycles. The Kier molecular flexibility index (Phi) is 2.73. The summed E-state index contributed by atoms with van der Waals surface area (Å²) in [6.07, 6.45) is 2.66. The number of thiazole rings is 1. The molecule has 13 heavy (non-hydrogen) atoms. The first kappa shape index (κ1) is 8.87. The second-order valence-corrected chi connectivity index (χ2v) is 4.55. The van der Waals surface area contributed by atoms with Crippen LogP contribution < -0.4 is 5.73 Å². The summed E-state index contributed by atoms with van der Waals surface area (Å²) in [6, 6.07) is 2.17. The number of aromatic nitrogens is 1. The van der Waals surface area contributed by atoms with E-state index < -0.39 is 0 Å². The zero-order valence-corrected chi connectivity index (χ0v) is 8.65. The van der Waals surface area contributed by atoms with Crippen LogP contribution in [0.3, 0.4) is 0 Å². The van der Waals surface area contributed by atoms with Crippen LogP contribution in [0.5, 0.6) is 0 Å². The molecule has 2 aromatic rings. The predicted molar refractivity (Wildman–Crippen MR) is 57.1 cm³/mol. The summed E-state index contributed by atoms with van der Waals surface area (Å²) in [5.41, 5.74) is 7.21. The Morgan fingerprint density at radius 2 is 2.38 bits per heavy atom. The first-order valence-electron chi connectivity index (χ1n) is 4.02. The van der Waals surface area contributed by atoms with Crippen molar-refractivity contribution in [1.82, 2.24) is 4.98 Å². The highest BCUT2D eigenvalue weighted by molar-refractivity contribution is 7.09. The fourth-order valence-electron chi connectivity index (χ4n) is 1.15. The molecule has 0 amide bonds. The Balaban J connectivity index is 2.04. The number of nitrogens with zero attached hydrogens (tertiary/aromatic N) is 1. The van der Waals surface area contributed by atoms with Gasteiger partial charge in [-0.1, -0.05) is 0 Å². The van der Waals surface area contributed by atoms with E-state index in [4.69, 9.17) is 5.73 Å². The molecular weight excluding hydrogens is 200 g/mol. The lowest BCUT2D eigenvalue weighted by Gasteiger charge is -2.06. The third-order valence-electron chi connectivity index (χ3n) is 1.85. The smallest absolute Gasteiger partial charge is 0.0943 e. The molecule has 2 heterocycles. The van der Waals surface area contributed by atoms with Gasteiger partial charge < -0.3 is 5.73 Å². The Morgan fingerprint density at radius 3 is 3.00 bits per heavy atom.